The van der Waals surface area contributed by atoms with Gasteiger partial charge < -0.3 is 33.8 Å². The lowest BCUT2D eigenvalue weighted by Crippen LogP contribution is -3.00. The van der Waals surface area contributed by atoms with E-state index in [0.717, 1.165) is 17.6 Å². The van der Waals surface area contributed by atoms with Crippen LogP contribution in [0.25, 0.3) is 11.0 Å². The Bertz CT molecular complexity index is 878. The smallest absolute Gasteiger partial charge is 0.244 e. The van der Waals surface area contributed by atoms with Crippen LogP contribution in [0.15, 0.2) is 42.7 Å². The molecule has 140 valence electrons. The summed E-state index contributed by atoms with van der Waals surface area (Å²) in [6.07, 6.45) is 1.37. The Labute approximate surface area is 170 Å². The van der Waals surface area contributed by atoms with Crippen LogP contribution < -0.4 is 33.3 Å². The fourth-order valence-electron chi connectivity index (χ4n) is 2.94. The van der Waals surface area contributed by atoms with Gasteiger partial charge in [0.15, 0.2) is 11.0 Å². The molecule has 4 nitrogen and oxygen atoms in total. The molecule has 1 atom stereocenters. The van der Waals surface area contributed by atoms with Crippen LogP contribution in [-0.4, -0.2) is 22.4 Å². The van der Waals surface area contributed by atoms with E-state index in [0.29, 0.717) is 12.3 Å². The Morgan fingerprint density at radius 1 is 1.15 bits per heavy atom. The first-order valence-corrected chi connectivity index (χ1v) is 8.54. The lowest BCUT2D eigenvalue weighted by molar-refractivity contribution is -0.679. The van der Waals surface area contributed by atoms with E-state index >= 15 is 0 Å². The Hall–Kier alpha value is -1.67. The first-order chi connectivity index (χ1) is 12.0. The van der Waals surface area contributed by atoms with Crippen molar-refractivity contribution >= 4 is 11.0 Å². The Morgan fingerprint density at radius 2 is 1.81 bits per heavy atom. The predicted octanol–water partition coefficient (Wildman–Crippen LogP) is 0.149. The summed E-state index contributed by atoms with van der Waals surface area (Å²) in [5.74, 6) is 0.245. The summed E-state index contributed by atoms with van der Waals surface area (Å²) >= 11 is 0. The Kier molecular flexibility index (Phi) is 7.00. The van der Waals surface area contributed by atoms with Crippen molar-refractivity contribution in [3.8, 4) is 5.75 Å². The van der Waals surface area contributed by atoms with E-state index < -0.39 is 6.10 Å². The van der Waals surface area contributed by atoms with E-state index in [1.165, 1.54) is 23.3 Å². The molecule has 1 heterocycles. The third-order valence-electron chi connectivity index (χ3n) is 4.49. The second-order valence-electron chi connectivity index (χ2n) is 6.40. The number of hydrogen-bond acceptors (Lipinski definition) is 2. The highest BCUT2D eigenvalue weighted by Gasteiger charge is 2.19. The van der Waals surface area contributed by atoms with Crippen molar-refractivity contribution in [3.05, 3.63) is 59.7 Å². The molecule has 0 aliphatic rings. The number of fused-ring (bicyclic) bond motifs is 1. The van der Waals surface area contributed by atoms with Crippen molar-refractivity contribution in [3.63, 3.8) is 0 Å². The van der Waals surface area contributed by atoms with Gasteiger partial charge in [0.05, 0.1) is 6.54 Å². The number of nitrogens with zero attached hydrogens (tertiary/aromatic N) is 2. The number of halogens is 2. The highest BCUT2D eigenvalue weighted by Crippen LogP contribution is 2.18. The van der Waals surface area contributed by atoms with E-state index in [2.05, 4.69) is 42.0 Å². The SMILES string of the molecule is CCn1c[n+](CC(O)COc2ccc(F)cc2)c2cc(C)c(C)cc21.[I-]. The quantitative estimate of drug-likeness (QED) is 0.412. The summed E-state index contributed by atoms with van der Waals surface area (Å²) in [5, 5.41) is 10.4. The van der Waals surface area contributed by atoms with Crippen LogP contribution in [0.5, 0.6) is 5.75 Å². The fourth-order valence-corrected chi connectivity index (χ4v) is 2.94. The van der Waals surface area contributed by atoms with Crippen molar-refractivity contribution in [1.82, 2.24) is 4.57 Å². The zero-order valence-corrected chi connectivity index (χ0v) is 17.4. The number of imidazole rings is 1. The number of aliphatic hydroxyl groups excluding tert-OH is 1. The number of ether oxygens (including phenoxy) is 1. The van der Waals surface area contributed by atoms with Gasteiger partial charge in [0.1, 0.15) is 30.8 Å². The van der Waals surface area contributed by atoms with Gasteiger partial charge >= 0.3 is 0 Å². The van der Waals surface area contributed by atoms with E-state index in [1.807, 2.05) is 6.33 Å². The minimum Gasteiger partial charge on any atom is -1.00 e. The van der Waals surface area contributed by atoms with Crippen molar-refractivity contribution < 1.29 is 42.8 Å². The summed E-state index contributed by atoms with van der Waals surface area (Å²) in [4.78, 5) is 0. The van der Waals surface area contributed by atoms with Crippen molar-refractivity contribution in [2.45, 2.75) is 40.0 Å². The van der Waals surface area contributed by atoms with Crippen molar-refractivity contribution in [1.29, 1.82) is 0 Å². The van der Waals surface area contributed by atoms with Crippen LogP contribution in [0.2, 0.25) is 0 Å². The zero-order valence-electron chi connectivity index (χ0n) is 15.2. The van der Waals surface area contributed by atoms with Gasteiger partial charge in [0.25, 0.3) is 0 Å². The fraction of sp³-hybridized carbons (Fsp3) is 0.350. The normalized spacial score (nSPS) is 12.0. The average molecular weight is 470 g/mol. The minimum absolute atomic E-state index is 0. The second kappa shape index (κ2) is 8.81. The Balaban J connectivity index is 0.00000243. The van der Waals surface area contributed by atoms with E-state index in [9.17, 15) is 9.50 Å². The molecule has 0 amide bonds. The molecule has 2 aromatic carbocycles. The van der Waals surface area contributed by atoms with Gasteiger partial charge in [-0.1, -0.05) is 0 Å². The lowest BCUT2D eigenvalue weighted by Gasteiger charge is -2.11. The first-order valence-electron chi connectivity index (χ1n) is 8.54. The van der Waals surface area contributed by atoms with Gasteiger partial charge in [-0.2, -0.15) is 0 Å². The summed E-state index contributed by atoms with van der Waals surface area (Å²) in [6.45, 7) is 7.77. The summed E-state index contributed by atoms with van der Waals surface area (Å²) in [5.41, 5.74) is 4.75. The van der Waals surface area contributed by atoms with Gasteiger partial charge in [0, 0.05) is 0 Å². The molecule has 0 spiro atoms. The van der Waals surface area contributed by atoms with Gasteiger partial charge in [-0.3, -0.25) is 0 Å². The third-order valence-corrected chi connectivity index (χ3v) is 4.49. The molecule has 0 aliphatic heterocycles. The molecule has 0 bridgehead atoms. The number of aliphatic hydroxyl groups is 1. The van der Waals surface area contributed by atoms with Gasteiger partial charge in [-0.25, -0.2) is 13.5 Å². The molecule has 6 heteroatoms. The number of rotatable bonds is 6. The highest BCUT2D eigenvalue weighted by molar-refractivity contribution is 5.74. The molecule has 26 heavy (non-hydrogen) atoms. The topological polar surface area (TPSA) is 38.3 Å². The maximum atomic E-state index is 12.9. The molecule has 1 aromatic heterocycles. The maximum absolute atomic E-state index is 12.9. The Morgan fingerprint density at radius 3 is 2.46 bits per heavy atom. The summed E-state index contributed by atoms with van der Waals surface area (Å²) in [6, 6.07) is 10.2. The number of aromatic nitrogens is 2. The monoisotopic (exact) mass is 470 g/mol. The molecular weight excluding hydrogens is 446 g/mol. The number of hydrogen-bond donors (Lipinski definition) is 1. The predicted molar refractivity (Wildman–Crippen MR) is 95.2 cm³/mol. The highest BCUT2D eigenvalue weighted by atomic mass is 127. The standard InChI is InChI=1S/C20H24FN2O2.HI/c1-4-22-13-23(20-10-15(3)14(2)9-19(20)22)11-17(24)12-25-18-7-5-16(21)6-8-18;/h5-10,13,17,24H,4,11-12H2,1-3H3;1H/q+1;/p-1. The molecule has 0 aliphatic carbocycles. The molecule has 0 radical (unpaired) electrons. The second-order valence-corrected chi connectivity index (χ2v) is 6.40. The van der Waals surface area contributed by atoms with Crippen LogP contribution in [0.3, 0.4) is 0 Å². The zero-order chi connectivity index (χ0) is 18.0. The molecule has 3 rings (SSSR count). The summed E-state index contributed by atoms with van der Waals surface area (Å²) < 4.78 is 22.7. The third kappa shape index (κ3) is 4.54. The minimum atomic E-state index is -0.660. The molecule has 0 fully saturated rings. The molecule has 0 saturated carbocycles. The van der Waals surface area contributed by atoms with Gasteiger partial charge in [-0.05, 0) is 68.3 Å². The molecule has 0 saturated heterocycles. The van der Waals surface area contributed by atoms with Crippen molar-refractivity contribution in [2.24, 2.45) is 0 Å². The summed E-state index contributed by atoms with van der Waals surface area (Å²) in [7, 11) is 0. The largest absolute Gasteiger partial charge is 1.00 e. The van der Waals surface area contributed by atoms with E-state index in [-0.39, 0.29) is 36.4 Å². The molecular formula is C20H24FIN2O2. The first kappa shape index (κ1) is 20.6. The van der Waals surface area contributed by atoms with Gasteiger partial charge in [-0.15, -0.1) is 0 Å². The van der Waals surface area contributed by atoms with Crippen molar-refractivity contribution in [2.75, 3.05) is 6.61 Å². The van der Waals surface area contributed by atoms with E-state index in [4.69, 9.17) is 4.74 Å². The number of benzene rings is 2. The molecule has 1 N–H and O–H groups in total. The van der Waals surface area contributed by atoms with Crippen LogP contribution in [0.1, 0.15) is 18.1 Å². The van der Waals surface area contributed by atoms with Crippen LogP contribution >= 0.6 is 0 Å². The van der Waals surface area contributed by atoms with Crippen LogP contribution in [0.4, 0.5) is 4.39 Å². The van der Waals surface area contributed by atoms with Gasteiger partial charge in [0.2, 0.25) is 6.33 Å². The van der Waals surface area contributed by atoms with E-state index in [1.54, 1.807) is 12.1 Å². The lowest BCUT2D eigenvalue weighted by atomic mass is 10.1. The van der Waals surface area contributed by atoms with Crippen LogP contribution in [-0.2, 0) is 13.1 Å². The maximum Gasteiger partial charge on any atom is 0.244 e. The molecule has 1 unspecified atom stereocenters. The van der Waals surface area contributed by atoms with Crippen LogP contribution in [0, 0.1) is 19.7 Å². The molecule has 3 aromatic rings. The number of aryl methyl sites for hydroxylation is 3. The average Bonchev–Trinajstić information content (AvgIpc) is 2.91.